The largest absolute Gasteiger partial charge is 0.385 e. The van der Waals surface area contributed by atoms with Gasteiger partial charge in [-0.3, -0.25) is 4.79 Å². The lowest BCUT2D eigenvalue weighted by atomic mass is 10.2. The number of hydrogen-bond acceptors (Lipinski definition) is 5. The Labute approximate surface area is 157 Å². The molecule has 0 aromatic heterocycles. The van der Waals surface area contributed by atoms with E-state index < -0.39 is 9.84 Å². The first-order chi connectivity index (χ1) is 12.4. The molecule has 0 radical (unpaired) electrons. The summed E-state index contributed by atoms with van der Waals surface area (Å²) >= 11 is 0. The number of hydrogen-bond donors (Lipinski definition) is 1. The lowest BCUT2D eigenvalue weighted by molar-refractivity contribution is -0.132. The van der Waals surface area contributed by atoms with Crippen LogP contribution in [0.4, 0.5) is 11.4 Å². The third kappa shape index (κ3) is 5.37. The van der Waals surface area contributed by atoms with Gasteiger partial charge >= 0.3 is 0 Å². The van der Waals surface area contributed by atoms with Gasteiger partial charge in [0.25, 0.3) is 0 Å². The van der Waals surface area contributed by atoms with Crippen molar-refractivity contribution in [2.45, 2.75) is 39.7 Å². The molecule has 1 N–H and O–H groups in total. The molecule has 1 atom stereocenters. The SMILES string of the molecule is CCN(CC)c1ccc(NCCC(=O)N(CC)C2CCS(=O)(=O)C2)cc1. The van der Waals surface area contributed by atoms with E-state index in [-0.39, 0.29) is 23.5 Å². The maximum absolute atomic E-state index is 12.5. The summed E-state index contributed by atoms with van der Waals surface area (Å²) in [6.45, 7) is 9.22. The van der Waals surface area contributed by atoms with Crippen LogP contribution in [0.15, 0.2) is 24.3 Å². The Hall–Kier alpha value is -1.76. The fourth-order valence-corrected chi connectivity index (χ4v) is 5.23. The number of rotatable bonds is 9. The third-order valence-electron chi connectivity index (χ3n) is 4.97. The van der Waals surface area contributed by atoms with Crippen molar-refractivity contribution in [2.75, 3.05) is 47.9 Å². The van der Waals surface area contributed by atoms with E-state index in [2.05, 4.69) is 36.2 Å². The van der Waals surface area contributed by atoms with Crippen LogP contribution in [0, 0.1) is 0 Å². The van der Waals surface area contributed by atoms with E-state index in [1.165, 1.54) is 5.69 Å². The number of sulfone groups is 1. The van der Waals surface area contributed by atoms with Crippen molar-refractivity contribution in [2.24, 2.45) is 0 Å². The monoisotopic (exact) mass is 381 g/mol. The minimum atomic E-state index is -2.98. The molecule has 2 rings (SSSR count). The first-order valence-electron chi connectivity index (χ1n) is 9.49. The third-order valence-corrected chi connectivity index (χ3v) is 6.72. The number of anilines is 2. The highest BCUT2D eigenvalue weighted by Gasteiger charge is 2.33. The van der Waals surface area contributed by atoms with Gasteiger partial charge in [-0.15, -0.1) is 0 Å². The quantitative estimate of drug-likeness (QED) is 0.711. The Kier molecular flexibility index (Phi) is 7.32. The topological polar surface area (TPSA) is 69.7 Å². The molecule has 0 saturated carbocycles. The van der Waals surface area contributed by atoms with Gasteiger partial charge in [0.15, 0.2) is 9.84 Å². The molecule has 1 unspecified atom stereocenters. The molecule has 1 aliphatic heterocycles. The fourth-order valence-electron chi connectivity index (χ4n) is 3.50. The summed E-state index contributed by atoms with van der Waals surface area (Å²) in [7, 11) is -2.98. The summed E-state index contributed by atoms with van der Waals surface area (Å²) in [6, 6.07) is 8.06. The fraction of sp³-hybridized carbons (Fsp3) is 0.632. The lowest BCUT2D eigenvalue weighted by Crippen LogP contribution is -2.41. The van der Waals surface area contributed by atoms with E-state index in [0.29, 0.717) is 25.9 Å². The molecule has 1 aliphatic rings. The molecule has 0 bridgehead atoms. The number of nitrogens with zero attached hydrogens (tertiary/aromatic N) is 2. The number of carbonyl (C=O) groups is 1. The van der Waals surface area contributed by atoms with Gasteiger partial charge in [-0.2, -0.15) is 0 Å². The summed E-state index contributed by atoms with van der Waals surface area (Å²) in [6.07, 6.45) is 0.921. The summed E-state index contributed by atoms with van der Waals surface area (Å²) in [5.41, 5.74) is 2.18. The second-order valence-electron chi connectivity index (χ2n) is 6.63. The molecular weight excluding hydrogens is 350 g/mol. The zero-order chi connectivity index (χ0) is 19.2. The number of carbonyl (C=O) groups excluding carboxylic acids is 1. The standard InChI is InChI=1S/C19H31N3O3S/c1-4-21(5-2)17-9-7-16(8-10-17)20-13-11-19(23)22(6-3)18-12-14-26(24,25)15-18/h7-10,18,20H,4-6,11-15H2,1-3H3. The van der Waals surface area contributed by atoms with E-state index >= 15 is 0 Å². The van der Waals surface area contributed by atoms with Gasteiger partial charge in [-0.1, -0.05) is 0 Å². The van der Waals surface area contributed by atoms with Gasteiger partial charge in [0.05, 0.1) is 11.5 Å². The van der Waals surface area contributed by atoms with Crippen LogP contribution in [0.1, 0.15) is 33.6 Å². The first-order valence-corrected chi connectivity index (χ1v) is 11.3. The van der Waals surface area contributed by atoms with Crippen LogP contribution in [-0.4, -0.2) is 63.0 Å². The summed E-state index contributed by atoms with van der Waals surface area (Å²) < 4.78 is 23.3. The Morgan fingerprint density at radius 1 is 1.12 bits per heavy atom. The van der Waals surface area contributed by atoms with Crippen molar-refractivity contribution in [1.29, 1.82) is 0 Å². The minimum absolute atomic E-state index is 0.0156. The Morgan fingerprint density at radius 2 is 1.77 bits per heavy atom. The van der Waals surface area contributed by atoms with Crippen LogP contribution in [-0.2, 0) is 14.6 Å². The van der Waals surface area contributed by atoms with Gasteiger partial charge in [0, 0.05) is 50.0 Å². The number of amides is 1. The van der Waals surface area contributed by atoms with Gasteiger partial charge in [0.2, 0.25) is 5.91 Å². The normalized spacial score (nSPS) is 18.5. The van der Waals surface area contributed by atoms with Crippen molar-refractivity contribution in [3.8, 4) is 0 Å². The van der Waals surface area contributed by atoms with Crippen LogP contribution < -0.4 is 10.2 Å². The summed E-state index contributed by atoms with van der Waals surface area (Å²) in [4.78, 5) is 16.5. The first kappa shape index (κ1) is 20.6. The molecule has 1 saturated heterocycles. The predicted molar refractivity (Wildman–Crippen MR) is 108 cm³/mol. The highest BCUT2D eigenvalue weighted by atomic mass is 32.2. The van der Waals surface area contributed by atoms with Gasteiger partial charge in [-0.25, -0.2) is 8.42 Å². The summed E-state index contributed by atoms with van der Waals surface area (Å²) in [5.74, 6) is 0.313. The van der Waals surface area contributed by atoms with Crippen LogP contribution in [0.3, 0.4) is 0 Å². The smallest absolute Gasteiger partial charge is 0.224 e. The molecule has 0 aliphatic carbocycles. The Balaban J connectivity index is 1.83. The van der Waals surface area contributed by atoms with E-state index in [0.717, 1.165) is 18.8 Å². The van der Waals surface area contributed by atoms with Crippen molar-refractivity contribution < 1.29 is 13.2 Å². The number of nitrogens with one attached hydrogen (secondary N) is 1. The molecule has 0 spiro atoms. The Bertz CT molecular complexity index is 684. The minimum Gasteiger partial charge on any atom is -0.385 e. The maximum atomic E-state index is 12.5. The van der Waals surface area contributed by atoms with Crippen molar-refractivity contribution in [3.63, 3.8) is 0 Å². The highest BCUT2D eigenvalue weighted by molar-refractivity contribution is 7.91. The molecule has 7 heteroatoms. The van der Waals surface area contributed by atoms with Crippen LogP contribution in [0.5, 0.6) is 0 Å². The number of benzene rings is 1. The zero-order valence-corrected chi connectivity index (χ0v) is 16.9. The van der Waals surface area contributed by atoms with Gasteiger partial charge < -0.3 is 15.1 Å². The van der Waals surface area contributed by atoms with Crippen molar-refractivity contribution in [3.05, 3.63) is 24.3 Å². The van der Waals surface area contributed by atoms with Crippen LogP contribution in [0.2, 0.25) is 0 Å². The van der Waals surface area contributed by atoms with Crippen LogP contribution >= 0.6 is 0 Å². The molecule has 1 aromatic carbocycles. The lowest BCUT2D eigenvalue weighted by Gasteiger charge is -2.27. The van der Waals surface area contributed by atoms with E-state index in [1.54, 1.807) is 4.90 Å². The average molecular weight is 382 g/mol. The molecule has 1 aromatic rings. The van der Waals surface area contributed by atoms with E-state index in [4.69, 9.17) is 0 Å². The predicted octanol–water partition coefficient (Wildman–Crippen LogP) is 2.37. The van der Waals surface area contributed by atoms with E-state index in [1.807, 2.05) is 19.1 Å². The van der Waals surface area contributed by atoms with Gasteiger partial charge in [-0.05, 0) is 51.5 Å². The van der Waals surface area contributed by atoms with E-state index in [9.17, 15) is 13.2 Å². The summed E-state index contributed by atoms with van der Waals surface area (Å²) in [5, 5.41) is 3.28. The molecule has 1 heterocycles. The van der Waals surface area contributed by atoms with Crippen molar-refractivity contribution in [1.82, 2.24) is 4.90 Å². The zero-order valence-electron chi connectivity index (χ0n) is 16.1. The van der Waals surface area contributed by atoms with Crippen molar-refractivity contribution >= 4 is 27.1 Å². The molecule has 6 nitrogen and oxygen atoms in total. The molecule has 146 valence electrons. The second kappa shape index (κ2) is 9.26. The molecule has 26 heavy (non-hydrogen) atoms. The molecule has 1 amide bonds. The molecule has 1 fully saturated rings. The average Bonchev–Trinajstić information content (AvgIpc) is 2.97. The second-order valence-corrected chi connectivity index (χ2v) is 8.86. The highest BCUT2D eigenvalue weighted by Crippen LogP contribution is 2.19. The Morgan fingerprint density at radius 3 is 2.27 bits per heavy atom. The maximum Gasteiger partial charge on any atom is 0.224 e. The van der Waals surface area contributed by atoms with Crippen LogP contribution in [0.25, 0.3) is 0 Å². The van der Waals surface area contributed by atoms with Gasteiger partial charge in [0.1, 0.15) is 0 Å². The molecular formula is C19H31N3O3S.